The smallest absolute Gasteiger partial charge is 0.289 e. The largest absolute Gasteiger partial charge is 0.459 e. The van der Waals surface area contributed by atoms with Gasteiger partial charge in [0.05, 0.1) is 16.8 Å². The quantitative estimate of drug-likeness (QED) is 0.507. The van der Waals surface area contributed by atoms with E-state index in [0.717, 1.165) is 0 Å². The molecule has 2 N–H and O–H groups in total. The summed E-state index contributed by atoms with van der Waals surface area (Å²) in [6, 6.07) is 7.44. The Morgan fingerprint density at radius 2 is 1.79 bits per heavy atom. The van der Waals surface area contributed by atoms with E-state index in [1.165, 1.54) is 24.5 Å². The van der Waals surface area contributed by atoms with Crippen LogP contribution in [-0.4, -0.2) is 77.5 Å². The minimum Gasteiger partial charge on any atom is -0.459 e. The predicted molar refractivity (Wildman–Crippen MR) is 135 cm³/mol. The molecule has 2 saturated heterocycles. The molecule has 0 aliphatic carbocycles. The average molecular weight is 544 g/mol. The molecule has 2 aliphatic rings. The van der Waals surface area contributed by atoms with Gasteiger partial charge in [-0.1, -0.05) is 22.8 Å². The third kappa shape index (κ3) is 4.79. The number of rotatable bonds is 5. The van der Waals surface area contributed by atoms with Crippen molar-refractivity contribution >= 4 is 29.3 Å². The fourth-order valence-electron chi connectivity index (χ4n) is 5.03. The number of furan rings is 1. The zero-order valence-electron chi connectivity index (χ0n) is 20.8. The molecule has 38 heavy (non-hydrogen) atoms. The van der Waals surface area contributed by atoms with Gasteiger partial charge in [-0.25, -0.2) is 4.39 Å². The van der Waals surface area contributed by atoms with Crippen LogP contribution in [0.3, 0.4) is 0 Å². The van der Waals surface area contributed by atoms with Gasteiger partial charge in [0.2, 0.25) is 5.91 Å². The molecule has 5 rings (SSSR count). The molecule has 2 aromatic heterocycles. The van der Waals surface area contributed by atoms with Gasteiger partial charge in [-0.05, 0) is 57.1 Å². The van der Waals surface area contributed by atoms with Crippen LogP contribution in [0.5, 0.6) is 0 Å². The van der Waals surface area contributed by atoms with Crippen molar-refractivity contribution in [1.29, 1.82) is 0 Å². The lowest BCUT2D eigenvalue weighted by Crippen LogP contribution is -2.65. The van der Waals surface area contributed by atoms with Crippen LogP contribution >= 0.6 is 11.6 Å². The van der Waals surface area contributed by atoms with Crippen LogP contribution in [0.1, 0.15) is 39.5 Å². The van der Waals surface area contributed by atoms with E-state index in [-0.39, 0.29) is 45.2 Å². The number of amides is 3. The second kappa shape index (κ2) is 10.6. The number of hydrogen-bond acceptors (Lipinski definition) is 7. The number of aromatic nitrogens is 1. The molecule has 12 heteroatoms. The molecule has 0 atom stereocenters. The average Bonchev–Trinajstić information content (AvgIpc) is 3.59. The summed E-state index contributed by atoms with van der Waals surface area (Å²) in [5, 5.41) is 10.2. The van der Waals surface area contributed by atoms with Crippen molar-refractivity contribution in [3.63, 3.8) is 0 Å². The molecule has 4 heterocycles. The lowest BCUT2D eigenvalue weighted by atomic mass is 9.85. The highest BCUT2D eigenvalue weighted by molar-refractivity contribution is 6.33. The molecule has 2 fully saturated rings. The highest BCUT2D eigenvalue weighted by Crippen LogP contribution is 2.34. The van der Waals surface area contributed by atoms with E-state index in [2.05, 4.69) is 15.8 Å². The van der Waals surface area contributed by atoms with Gasteiger partial charge in [-0.15, -0.1) is 0 Å². The van der Waals surface area contributed by atoms with Crippen LogP contribution in [0.4, 0.5) is 4.39 Å². The molecule has 200 valence electrons. The van der Waals surface area contributed by atoms with Gasteiger partial charge in [-0.2, -0.15) is 0 Å². The molecule has 1 aromatic carbocycles. The van der Waals surface area contributed by atoms with E-state index in [1.807, 2.05) is 0 Å². The summed E-state index contributed by atoms with van der Waals surface area (Å²) in [7, 11) is 0. The Hall–Kier alpha value is -3.70. The van der Waals surface area contributed by atoms with Crippen LogP contribution in [0.25, 0.3) is 11.3 Å². The van der Waals surface area contributed by atoms with Crippen molar-refractivity contribution in [3.05, 3.63) is 64.5 Å². The van der Waals surface area contributed by atoms with Crippen molar-refractivity contribution in [3.8, 4) is 11.3 Å². The number of piperazine rings is 1. The molecule has 0 radical (unpaired) electrons. The number of benzene rings is 1. The second-order valence-electron chi connectivity index (χ2n) is 9.41. The lowest BCUT2D eigenvalue weighted by Gasteiger charge is -2.43. The SMILES string of the molecule is Cc1onc(-c2c(F)cccc2Cl)c1C(=O)NC1(C(=O)N2CCN(C(=O)c3ccco3)CC2)CCNCC1. The molecular weight excluding hydrogens is 517 g/mol. The Labute approximate surface area is 223 Å². The Kier molecular flexibility index (Phi) is 7.22. The highest BCUT2D eigenvalue weighted by Gasteiger charge is 2.45. The van der Waals surface area contributed by atoms with Crippen molar-refractivity contribution in [2.75, 3.05) is 39.3 Å². The van der Waals surface area contributed by atoms with Crippen molar-refractivity contribution in [2.45, 2.75) is 25.3 Å². The Balaban J connectivity index is 1.36. The molecule has 0 saturated carbocycles. The van der Waals surface area contributed by atoms with Crippen LogP contribution in [0.2, 0.25) is 5.02 Å². The van der Waals surface area contributed by atoms with Gasteiger partial charge >= 0.3 is 0 Å². The number of carbonyl (C=O) groups is 3. The molecule has 0 unspecified atom stereocenters. The summed E-state index contributed by atoms with van der Waals surface area (Å²) in [4.78, 5) is 43.5. The molecule has 3 aromatic rings. The second-order valence-corrected chi connectivity index (χ2v) is 9.81. The van der Waals surface area contributed by atoms with Crippen molar-refractivity contribution < 1.29 is 27.7 Å². The van der Waals surface area contributed by atoms with Crippen LogP contribution < -0.4 is 10.6 Å². The maximum atomic E-state index is 14.7. The Bertz CT molecular complexity index is 1320. The minimum atomic E-state index is -1.18. The topological polar surface area (TPSA) is 121 Å². The highest BCUT2D eigenvalue weighted by atomic mass is 35.5. The summed E-state index contributed by atoms with van der Waals surface area (Å²) in [5.41, 5.74) is -1.23. The molecule has 10 nitrogen and oxygen atoms in total. The molecular formula is C26H27ClFN5O5. The zero-order valence-corrected chi connectivity index (χ0v) is 21.5. The molecule has 3 amide bonds. The van der Waals surface area contributed by atoms with Gasteiger partial charge in [0.15, 0.2) is 5.76 Å². The van der Waals surface area contributed by atoms with Crippen LogP contribution in [0, 0.1) is 12.7 Å². The third-order valence-electron chi connectivity index (χ3n) is 7.09. The van der Waals surface area contributed by atoms with Gasteiger partial charge < -0.3 is 29.4 Å². The van der Waals surface area contributed by atoms with Gasteiger partial charge in [0.1, 0.15) is 28.4 Å². The fraction of sp³-hybridized carbons (Fsp3) is 0.385. The minimum absolute atomic E-state index is 0.0234. The summed E-state index contributed by atoms with van der Waals surface area (Å²) >= 11 is 6.23. The van der Waals surface area contributed by atoms with Crippen LogP contribution in [0.15, 0.2) is 45.5 Å². The van der Waals surface area contributed by atoms with E-state index >= 15 is 0 Å². The first-order valence-electron chi connectivity index (χ1n) is 12.4. The van der Waals surface area contributed by atoms with Gasteiger partial charge in [0, 0.05) is 26.2 Å². The van der Waals surface area contributed by atoms with E-state index in [0.29, 0.717) is 52.1 Å². The van der Waals surface area contributed by atoms with E-state index in [1.54, 1.807) is 28.9 Å². The number of piperidine rings is 1. The number of carbonyl (C=O) groups excluding carboxylic acids is 3. The summed E-state index contributed by atoms with van der Waals surface area (Å²) < 4.78 is 25.1. The van der Waals surface area contributed by atoms with E-state index in [4.69, 9.17) is 20.5 Å². The normalized spacial score (nSPS) is 17.3. The molecule has 0 bridgehead atoms. The standard InChI is InChI=1S/C26H27ClFN5O5/c1-16-20(22(31-38-16)21-17(27)4-2-5-18(21)28)23(34)30-26(7-9-29-10-8-26)25(36)33-13-11-32(12-14-33)24(35)19-6-3-15-37-19/h2-6,15,29H,7-14H2,1H3,(H,30,34). The fourth-order valence-corrected chi connectivity index (χ4v) is 5.28. The van der Waals surface area contributed by atoms with Gasteiger partial charge in [0.25, 0.3) is 11.8 Å². The number of nitrogens with zero attached hydrogens (tertiary/aromatic N) is 3. The predicted octanol–water partition coefficient (Wildman–Crippen LogP) is 2.87. The monoisotopic (exact) mass is 543 g/mol. The number of aryl methyl sites for hydroxylation is 1. The number of nitrogens with one attached hydrogen (secondary N) is 2. The lowest BCUT2D eigenvalue weighted by molar-refractivity contribution is -0.140. The first-order valence-corrected chi connectivity index (χ1v) is 12.7. The van der Waals surface area contributed by atoms with Crippen molar-refractivity contribution in [1.82, 2.24) is 25.6 Å². The zero-order chi connectivity index (χ0) is 26.9. The summed E-state index contributed by atoms with van der Waals surface area (Å²) in [6.07, 6.45) is 2.17. The Morgan fingerprint density at radius 1 is 1.08 bits per heavy atom. The summed E-state index contributed by atoms with van der Waals surface area (Å²) in [6.45, 7) is 3.92. The van der Waals surface area contributed by atoms with Crippen LogP contribution in [-0.2, 0) is 4.79 Å². The van der Waals surface area contributed by atoms with Gasteiger partial charge in [-0.3, -0.25) is 14.4 Å². The van der Waals surface area contributed by atoms with E-state index < -0.39 is 17.3 Å². The Morgan fingerprint density at radius 3 is 2.45 bits per heavy atom. The number of halogens is 2. The first-order chi connectivity index (χ1) is 18.3. The number of hydrogen-bond donors (Lipinski definition) is 2. The first kappa shape index (κ1) is 25.9. The van der Waals surface area contributed by atoms with Crippen molar-refractivity contribution in [2.24, 2.45) is 0 Å². The maximum absolute atomic E-state index is 14.7. The van der Waals surface area contributed by atoms with E-state index in [9.17, 15) is 18.8 Å². The molecule has 0 spiro atoms. The maximum Gasteiger partial charge on any atom is 0.289 e. The summed E-state index contributed by atoms with van der Waals surface area (Å²) in [5.74, 6) is -1.26. The third-order valence-corrected chi connectivity index (χ3v) is 7.41. The molecule has 2 aliphatic heterocycles.